The Hall–Kier alpha value is -0.830. The van der Waals surface area contributed by atoms with Crippen molar-refractivity contribution in [2.45, 2.75) is 45.4 Å². The van der Waals surface area contributed by atoms with Gasteiger partial charge in [-0.05, 0) is 44.1 Å². The van der Waals surface area contributed by atoms with Crippen molar-refractivity contribution in [2.24, 2.45) is 0 Å². The number of aryl methyl sites for hydroxylation is 1. The van der Waals surface area contributed by atoms with E-state index < -0.39 is 0 Å². The van der Waals surface area contributed by atoms with Gasteiger partial charge in [0.25, 0.3) is 0 Å². The normalized spacial score (nSPS) is 20.0. The maximum Gasteiger partial charge on any atom is 0.163 e. The Bertz CT molecular complexity index is 395. The number of ketones is 1. The molecule has 2 rings (SSSR count). The van der Waals surface area contributed by atoms with Gasteiger partial charge in [-0.3, -0.25) is 4.79 Å². The molecule has 1 aliphatic carbocycles. The molecule has 0 radical (unpaired) electrons. The molecule has 0 amide bonds. The number of rotatable bonds is 2. The first-order valence-corrected chi connectivity index (χ1v) is 6.38. The molecule has 1 heterocycles. The number of hydrogen-bond acceptors (Lipinski definition) is 3. The average molecular weight is 223 g/mol. The van der Waals surface area contributed by atoms with Crippen molar-refractivity contribution in [1.29, 1.82) is 0 Å². The highest BCUT2D eigenvalue weighted by molar-refractivity contribution is 7.16. The third kappa shape index (κ3) is 1.69. The molecule has 2 N–H and O–H groups in total. The van der Waals surface area contributed by atoms with Crippen molar-refractivity contribution >= 4 is 22.1 Å². The van der Waals surface area contributed by atoms with E-state index in [0.29, 0.717) is 5.92 Å². The van der Waals surface area contributed by atoms with E-state index in [1.54, 1.807) is 18.3 Å². The number of fused-ring (bicyclic) bond motifs is 1. The molecule has 1 aliphatic rings. The molecule has 0 saturated carbocycles. The van der Waals surface area contributed by atoms with E-state index in [0.717, 1.165) is 23.4 Å². The molecular formula is C12H17NOS. The van der Waals surface area contributed by atoms with Crippen LogP contribution in [0.5, 0.6) is 0 Å². The van der Waals surface area contributed by atoms with E-state index in [2.05, 4.69) is 6.92 Å². The summed E-state index contributed by atoms with van der Waals surface area (Å²) in [6.07, 6.45) is 4.67. The lowest BCUT2D eigenvalue weighted by atomic mass is 9.83. The summed E-state index contributed by atoms with van der Waals surface area (Å²) in [6.45, 7) is 3.82. The summed E-state index contributed by atoms with van der Waals surface area (Å²) < 4.78 is 0. The second-order valence-electron chi connectivity index (χ2n) is 4.23. The van der Waals surface area contributed by atoms with Gasteiger partial charge in [0.2, 0.25) is 0 Å². The zero-order valence-electron chi connectivity index (χ0n) is 9.30. The number of nitrogens with two attached hydrogens (primary N) is 1. The average Bonchev–Trinajstić information content (AvgIpc) is 2.53. The van der Waals surface area contributed by atoms with Crippen molar-refractivity contribution in [3.63, 3.8) is 0 Å². The Kier molecular flexibility index (Phi) is 2.83. The predicted octanol–water partition coefficient (Wildman–Crippen LogP) is 3.36. The molecule has 0 spiro atoms. The van der Waals surface area contributed by atoms with Crippen LogP contribution < -0.4 is 5.73 Å². The largest absolute Gasteiger partial charge is 0.390 e. The fourth-order valence-electron chi connectivity index (χ4n) is 2.55. The van der Waals surface area contributed by atoms with E-state index >= 15 is 0 Å². The minimum atomic E-state index is 0.130. The van der Waals surface area contributed by atoms with Crippen LogP contribution in [0.2, 0.25) is 0 Å². The van der Waals surface area contributed by atoms with Gasteiger partial charge in [-0.2, -0.15) is 0 Å². The van der Waals surface area contributed by atoms with E-state index in [4.69, 9.17) is 5.73 Å². The van der Waals surface area contributed by atoms with E-state index in [1.807, 2.05) is 0 Å². The Morgan fingerprint density at radius 2 is 2.33 bits per heavy atom. The molecule has 0 aromatic carbocycles. The molecule has 1 unspecified atom stereocenters. The lowest BCUT2D eigenvalue weighted by Crippen LogP contribution is -2.10. The molecule has 1 aromatic heterocycles. The Labute approximate surface area is 94.5 Å². The Morgan fingerprint density at radius 1 is 1.60 bits per heavy atom. The smallest absolute Gasteiger partial charge is 0.163 e. The summed E-state index contributed by atoms with van der Waals surface area (Å²) in [5.41, 5.74) is 8.03. The van der Waals surface area contributed by atoms with Gasteiger partial charge in [0.05, 0.1) is 10.6 Å². The van der Waals surface area contributed by atoms with Crippen LogP contribution in [-0.2, 0) is 6.42 Å². The summed E-state index contributed by atoms with van der Waals surface area (Å²) in [5.74, 6) is 0.687. The van der Waals surface area contributed by atoms with Gasteiger partial charge in [-0.15, -0.1) is 11.3 Å². The molecule has 1 aromatic rings. The highest BCUT2D eigenvalue weighted by Gasteiger charge is 2.27. The number of carbonyl (C=O) groups is 1. The molecule has 15 heavy (non-hydrogen) atoms. The topological polar surface area (TPSA) is 43.1 Å². The summed E-state index contributed by atoms with van der Waals surface area (Å²) in [6, 6.07) is 0. The van der Waals surface area contributed by atoms with Gasteiger partial charge < -0.3 is 5.73 Å². The van der Waals surface area contributed by atoms with Crippen molar-refractivity contribution in [2.75, 3.05) is 5.73 Å². The van der Waals surface area contributed by atoms with E-state index in [9.17, 15) is 4.79 Å². The van der Waals surface area contributed by atoms with Crippen molar-refractivity contribution in [3.05, 3.63) is 16.0 Å². The van der Waals surface area contributed by atoms with Gasteiger partial charge in [0, 0.05) is 4.88 Å². The number of carbonyl (C=O) groups excluding carboxylic acids is 1. The highest BCUT2D eigenvalue weighted by atomic mass is 32.1. The standard InChI is InChI=1S/C12H17NOS/c1-3-8-5-4-6-9-11(8)10(7(2)14)12(13)15-9/h8H,3-6,13H2,1-2H3. The van der Waals surface area contributed by atoms with Gasteiger partial charge in [0.15, 0.2) is 5.78 Å². The predicted molar refractivity (Wildman–Crippen MR) is 64.7 cm³/mol. The summed E-state index contributed by atoms with van der Waals surface area (Å²) in [5, 5.41) is 0.729. The Morgan fingerprint density at radius 3 is 2.93 bits per heavy atom. The Balaban J connectivity index is 2.56. The van der Waals surface area contributed by atoms with Crippen LogP contribution in [-0.4, -0.2) is 5.78 Å². The van der Waals surface area contributed by atoms with Gasteiger partial charge in [-0.25, -0.2) is 0 Å². The quantitative estimate of drug-likeness (QED) is 0.781. The molecular weight excluding hydrogens is 206 g/mol. The molecule has 1 atom stereocenters. The molecule has 0 fully saturated rings. The van der Waals surface area contributed by atoms with Crippen LogP contribution in [0.15, 0.2) is 0 Å². The van der Waals surface area contributed by atoms with Crippen LogP contribution in [0, 0.1) is 0 Å². The maximum atomic E-state index is 11.6. The monoisotopic (exact) mass is 223 g/mol. The van der Waals surface area contributed by atoms with Gasteiger partial charge >= 0.3 is 0 Å². The molecule has 0 bridgehead atoms. The SMILES string of the molecule is CCC1CCCc2sc(N)c(C(C)=O)c21. The lowest BCUT2D eigenvalue weighted by Gasteiger charge is -2.22. The van der Waals surface area contributed by atoms with E-state index in [1.165, 1.54) is 23.3 Å². The molecule has 2 nitrogen and oxygen atoms in total. The molecule has 3 heteroatoms. The number of thiophene rings is 1. The van der Waals surface area contributed by atoms with Crippen LogP contribution >= 0.6 is 11.3 Å². The fraction of sp³-hybridized carbons (Fsp3) is 0.583. The van der Waals surface area contributed by atoms with Crippen LogP contribution in [0.4, 0.5) is 5.00 Å². The summed E-state index contributed by atoms with van der Waals surface area (Å²) >= 11 is 1.62. The third-order valence-electron chi connectivity index (χ3n) is 3.26. The fourth-order valence-corrected chi connectivity index (χ4v) is 3.80. The first kappa shape index (κ1) is 10.7. The minimum Gasteiger partial charge on any atom is -0.390 e. The summed E-state index contributed by atoms with van der Waals surface area (Å²) in [4.78, 5) is 12.9. The highest BCUT2D eigenvalue weighted by Crippen LogP contribution is 2.43. The second-order valence-corrected chi connectivity index (χ2v) is 5.37. The third-order valence-corrected chi connectivity index (χ3v) is 4.35. The molecule has 82 valence electrons. The van der Waals surface area contributed by atoms with Crippen LogP contribution in [0.3, 0.4) is 0 Å². The number of anilines is 1. The number of hydrogen-bond donors (Lipinski definition) is 1. The minimum absolute atomic E-state index is 0.130. The van der Waals surface area contributed by atoms with Gasteiger partial charge in [0.1, 0.15) is 0 Å². The summed E-state index contributed by atoms with van der Waals surface area (Å²) in [7, 11) is 0. The number of nitrogen functional groups attached to an aromatic ring is 1. The first-order chi connectivity index (χ1) is 7.15. The van der Waals surface area contributed by atoms with Gasteiger partial charge in [-0.1, -0.05) is 6.92 Å². The first-order valence-electron chi connectivity index (χ1n) is 5.57. The van der Waals surface area contributed by atoms with E-state index in [-0.39, 0.29) is 5.78 Å². The van der Waals surface area contributed by atoms with Crippen LogP contribution in [0.1, 0.15) is 59.8 Å². The molecule has 0 saturated heterocycles. The maximum absolute atomic E-state index is 11.6. The zero-order valence-corrected chi connectivity index (χ0v) is 10.1. The van der Waals surface area contributed by atoms with Crippen molar-refractivity contribution in [1.82, 2.24) is 0 Å². The number of Topliss-reactive ketones (excluding diaryl/α,β-unsaturated/α-hetero) is 1. The van der Waals surface area contributed by atoms with Crippen molar-refractivity contribution < 1.29 is 4.79 Å². The second kappa shape index (κ2) is 3.97. The zero-order chi connectivity index (χ0) is 11.0. The lowest BCUT2D eigenvalue weighted by molar-refractivity contribution is 0.101. The molecule has 0 aliphatic heterocycles. The van der Waals surface area contributed by atoms with Crippen molar-refractivity contribution in [3.8, 4) is 0 Å². The van der Waals surface area contributed by atoms with Crippen LogP contribution in [0.25, 0.3) is 0 Å².